The van der Waals surface area contributed by atoms with Crippen LogP contribution in [0.1, 0.15) is 28.9 Å². The Morgan fingerprint density at radius 3 is 3.00 bits per heavy atom. The monoisotopic (exact) mass is 356 g/mol. The number of aromatic nitrogens is 3. The molecule has 0 N–H and O–H groups in total. The minimum absolute atomic E-state index is 0.000597. The summed E-state index contributed by atoms with van der Waals surface area (Å²) in [7, 11) is -3.21. The minimum Gasteiger partial charge on any atom is -0.375 e. The lowest BCUT2D eigenvalue weighted by atomic mass is 10.1. The van der Waals surface area contributed by atoms with Crippen LogP contribution in [0, 0.1) is 6.92 Å². The van der Waals surface area contributed by atoms with E-state index in [0.29, 0.717) is 32.7 Å². The summed E-state index contributed by atoms with van der Waals surface area (Å²) in [6.07, 6.45) is 3.67. The molecule has 2 aromatic heterocycles. The van der Waals surface area contributed by atoms with Crippen molar-refractivity contribution in [3.8, 4) is 0 Å². The molecule has 0 amide bonds. The van der Waals surface area contributed by atoms with E-state index in [9.17, 15) is 8.42 Å². The van der Waals surface area contributed by atoms with Gasteiger partial charge in [0.2, 0.25) is 10.0 Å². The van der Waals surface area contributed by atoms with Gasteiger partial charge in [0.15, 0.2) is 0 Å². The highest BCUT2D eigenvalue weighted by molar-refractivity contribution is 7.88. The Morgan fingerprint density at radius 1 is 1.48 bits per heavy atom. The third-order valence-corrected chi connectivity index (χ3v) is 5.87. The molecule has 1 atom stereocenters. The van der Waals surface area contributed by atoms with E-state index in [1.54, 1.807) is 17.5 Å². The van der Waals surface area contributed by atoms with Gasteiger partial charge in [-0.05, 0) is 19.4 Å². The lowest BCUT2D eigenvalue weighted by Crippen LogP contribution is -2.41. The van der Waals surface area contributed by atoms with E-state index in [1.165, 1.54) is 10.6 Å². The molecule has 1 aliphatic heterocycles. The van der Waals surface area contributed by atoms with Crippen LogP contribution in [0.15, 0.2) is 17.6 Å². The Kier molecular flexibility index (Phi) is 4.81. The zero-order valence-corrected chi connectivity index (χ0v) is 14.8. The summed E-state index contributed by atoms with van der Waals surface area (Å²) >= 11 is 1.61. The van der Waals surface area contributed by atoms with Crippen molar-refractivity contribution >= 4 is 21.4 Å². The second-order valence-electron chi connectivity index (χ2n) is 5.68. The summed E-state index contributed by atoms with van der Waals surface area (Å²) in [5, 5.41) is 7.35. The molecule has 3 heterocycles. The van der Waals surface area contributed by atoms with Crippen molar-refractivity contribution in [2.24, 2.45) is 0 Å². The van der Waals surface area contributed by atoms with Crippen LogP contribution in [0.5, 0.6) is 0 Å². The summed E-state index contributed by atoms with van der Waals surface area (Å²) < 4.78 is 32.8. The van der Waals surface area contributed by atoms with E-state index in [2.05, 4.69) is 10.1 Å². The van der Waals surface area contributed by atoms with E-state index >= 15 is 0 Å². The fourth-order valence-corrected chi connectivity index (χ4v) is 4.10. The molecule has 0 fully saturated rings. The molecule has 2 aromatic rings. The number of sulfonamides is 1. The molecule has 9 heteroatoms. The van der Waals surface area contributed by atoms with Crippen molar-refractivity contribution in [1.82, 2.24) is 19.1 Å². The van der Waals surface area contributed by atoms with Gasteiger partial charge in [0, 0.05) is 24.7 Å². The highest BCUT2D eigenvalue weighted by Crippen LogP contribution is 2.24. The quantitative estimate of drug-likeness (QED) is 0.734. The average Bonchev–Trinajstić information content (AvgIpc) is 3.11. The van der Waals surface area contributed by atoms with E-state index in [4.69, 9.17) is 4.74 Å². The summed E-state index contributed by atoms with van der Waals surface area (Å²) in [5.74, 6) is 0. The van der Waals surface area contributed by atoms with Crippen LogP contribution in [0.2, 0.25) is 0 Å². The molecule has 0 aromatic carbocycles. The molecule has 0 radical (unpaired) electrons. The smallest absolute Gasteiger partial charge is 0.211 e. The third kappa shape index (κ3) is 3.97. The molecular weight excluding hydrogens is 336 g/mol. The summed E-state index contributed by atoms with van der Waals surface area (Å²) in [6.45, 7) is 3.81. The zero-order chi connectivity index (χ0) is 16.4. The largest absolute Gasteiger partial charge is 0.375 e. The molecule has 0 spiro atoms. The Labute approximate surface area is 140 Å². The molecular formula is C14H20N4O3S2. The number of hydrogen-bond acceptors (Lipinski definition) is 6. The van der Waals surface area contributed by atoms with Crippen LogP contribution in [-0.2, 0) is 27.9 Å². The van der Waals surface area contributed by atoms with Crippen LogP contribution < -0.4 is 0 Å². The van der Waals surface area contributed by atoms with Gasteiger partial charge in [-0.1, -0.05) is 0 Å². The maximum absolute atomic E-state index is 11.8. The number of ether oxygens (including phenoxy) is 1. The number of hydrogen-bond donors (Lipinski definition) is 0. The highest BCUT2D eigenvalue weighted by atomic mass is 32.2. The number of rotatable bonds is 6. The van der Waals surface area contributed by atoms with Gasteiger partial charge in [-0.2, -0.15) is 9.40 Å². The average molecular weight is 356 g/mol. The van der Waals surface area contributed by atoms with Crippen molar-refractivity contribution in [2.45, 2.75) is 32.5 Å². The van der Waals surface area contributed by atoms with Gasteiger partial charge >= 0.3 is 0 Å². The molecule has 1 unspecified atom stereocenters. The molecule has 126 valence electrons. The second kappa shape index (κ2) is 6.68. The number of nitrogens with zero attached hydrogens (tertiary/aromatic N) is 4. The van der Waals surface area contributed by atoms with Crippen molar-refractivity contribution in [1.29, 1.82) is 0 Å². The molecule has 7 nitrogen and oxygen atoms in total. The summed E-state index contributed by atoms with van der Waals surface area (Å²) in [6, 6.07) is 1.86. The molecule has 0 saturated heterocycles. The lowest BCUT2D eigenvalue weighted by Gasteiger charge is -2.32. The third-order valence-electron chi connectivity index (χ3n) is 3.83. The lowest BCUT2D eigenvalue weighted by molar-refractivity contribution is 0.0974. The first-order valence-electron chi connectivity index (χ1n) is 7.40. The summed E-state index contributed by atoms with van der Waals surface area (Å²) in [4.78, 5) is 4.36. The van der Waals surface area contributed by atoms with Crippen LogP contribution in [0.4, 0.5) is 0 Å². The molecule has 0 aliphatic carbocycles. The van der Waals surface area contributed by atoms with Gasteiger partial charge in [0.25, 0.3) is 0 Å². The van der Waals surface area contributed by atoms with Gasteiger partial charge in [-0.15, -0.1) is 11.3 Å². The van der Waals surface area contributed by atoms with E-state index in [0.717, 1.165) is 16.4 Å². The first-order chi connectivity index (χ1) is 10.9. The molecule has 1 aliphatic rings. The van der Waals surface area contributed by atoms with Gasteiger partial charge < -0.3 is 4.74 Å². The second-order valence-corrected chi connectivity index (χ2v) is 8.72. The van der Waals surface area contributed by atoms with Crippen LogP contribution in [0.3, 0.4) is 0 Å². The van der Waals surface area contributed by atoms with Gasteiger partial charge in [-0.25, -0.2) is 13.4 Å². The van der Waals surface area contributed by atoms with Gasteiger partial charge in [0.1, 0.15) is 0 Å². The topological polar surface area (TPSA) is 77.3 Å². The summed E-state index contributed by atoms with van der Waals surface area (Å²) in [5.41, 5.74) is 1.86. The number of thiazole rings is 1. The minimum atomic E-state index is -3.21. The molecule has 3 rings (SSSR count). The predicted molar refractivity (Wildman–Crippen MR) is 87.6 cm³/mol. The molecule has 0 bridgehead atoms. The standard InChI is InChI=1S/C14H20N4O3S2/c1-11-16-12(10-22-11)9-21-6-4-14-8-17(23(2,19)20)7-13-3-5-15-18(13)14/h3,5,10,14H,4,6-9H2,1-2H3. The maximum atomic E-state index is 11.8. The maximum Gasteiger partial charge on any atom is 0.211 e. The van der Waals surface area contributed by atoms with Crippen molar-refractivity contribution in [3.05, 3.63) is 34.0 Å². The highest BCUT2D eigenvalue weighted by Gasteiger charge is 2.30. The van der Waals surface area contributed by atoms with Gasteiger partial charge in [0.05, 0.1) is 41.8 Å². The van der Waals surface area contributed by atoms with Crippen molar-refractivity contribution in [2.75, 3.05) is 19.4 Å². The Morgan fingerprint density at radius 2 is 2.30 bits per heavy atom. The Bertz CT molecular complexity index is 769. The van der Waals surface area contributed by atoms with Crippen LogP contribution in [0.25, 0.3) is 0 Å². The van der Waals surface area contributed by atoms with Crippen LogP contribution in [-0.4, -0.2) is 46.9 Å². The fraction of sp³-hybridized carbons (Fsp3) is 0.571. The normalized spacial score (nSPS) is 19.0. The Hall–Kier alpha value is -1.29. The van der Waals surface area contributed by atoms with Gasteiger partial charge in [-0.3, -0.25) is 4.68 Å². The number of aryl methyl sites for hydroxylation is 1. The number of fused-ring (bicyclic) bond motifs is 1. The molecule has 0 saturated carbocycles. The van der Waals surface area contributed by atoms with E-state index in [1.807, 2.05) is 23.1 Å². The first kappa shape index (κ1) is 16.6. The SMILES string of the molecule is Cc1nc(COCCC2CN(S(C)(=O)=O)Cc3ccnn32)cs1. The fourth-order valence-electron chi connectivity index (χ4n) is 2.69. The predicted octanol–water partition coefficient (Wildman–Crippen LogP) is 1.57. The Balaban J connectivity index is 1.58. The van der Waals surface area contributed by atoms with Crippen molar-refractivity contribution < 1.29 is 13.2 Å². The molecule has 23 heavy (non-hydrogen) atoms. The zero-order valence-electron chi connectivity index (χ0n) is 13.2. The van der Waals surface area contributed by atoms with Crippen molar-refractivity contribution in [3.63, 3.8) is 0 Å². The van der Waals surface area contributed by atoms with E-state index in [-0.39, 0.29) is 6.04 Å². The van der Waals surface area contributed by atoms with Crippen LogP contribution >= 0.6 is 11.3 Å². The van der Waals surface area contributed by atoms with E-state index < -0.39 is 10.0 Å². The first-order valence-corrected chi connectivity index (χ1v) is 10.1.